The van der Waals surface area contributed by atoms with E-state index in [1.807, 2.05) is 32.0 Å². The summed E-state index contributed by atoms with van der Waals surface area (Å²) in [5.41, 5.74) is 10.6. The van der Waals surface area contributed by atoms with Crippen molar-refractivity contribution in [2.24, 2.45) is 5.10 Å². The number of allylic oxidation sites excluding steroid dienone is 1. The third-order valence-electron chi connectivity index (χ3n) is 6.65. The lowest BCUT2D eigenvalue weighted by Gasteiger charge is -2.43. The first-order valence-electron chi connectivity index (χ1n) is 11.9. The van der Waals surface area contributed by atoms with Crippen LogP contribution in [0.5, 0.6) is 5.75 Å². The molecule has 0 fully saturated rings. The minimum absolute atomic E-state index is 0.0767. The predicted octanol–water partition coefficient (Wildman–Crippen LogP) is 5.89. The highest BCUT2D eigenvalue weighted by molar-refractivity contribution is 5.96. The number of fused-ring (bicyclic) bond motifs is 1. The highest BCUT2D eigenvalue weighted by Gasteiger charge is 2.31. The van der Waals surface area contributed by atoms with Gasteiger partial charge in [0.1, 0.15) is 5.75 Å². The number of nitrogens with zero attached hydrogens (tertiary/aromatic N) is 3. The van der Waals surface area contributed by atoms with E-state index in [1.165, 1.54) is 5.57 Å². The molecule has 1 aliphatic heterocycles. The number of likely N-dealkylation sites (N-methyl/N-ethyl adjacent to an activating group) is 1. The van der Waals surface area contributed by atoms with Gasteiger partial charge in [0.15, 0.2) is 0 Å². The lowest BCUT2D eigenvalue weighted by molar-refractivity contribution is 0.0955. The number of aryl methyl sites for hydroxylation is 2. The summed E-state index contributed by atoms with van der Waals surface area (Å²) < 4.78 is 7.80. The smallest absolute Gasteiger partial charge is 0.271 e. The van der Waals surface area contributed by atoms with Gasteiger partial charge in [0.05, 0.1) is 18.9 Å². The van der Waals surface area contributed by atoms with Crippen molar-refractivity contribution in [3.63, 3.8) is 0 Å². The second kappa shape index (κ2) is 9.45. The molecule has 1 N–H and O–H groups in total. The Balaban J connectivity index is 1.58. The Hall–Kier alpha value is -3.80. The van der Waals surface area contributed by atoms with Gasteiger partial charge in [-0.3, -0.25) is 4.79 Å². The average molecular weight is 471 g/mol. The van der Waals surface area contributed by atoms with Gasteiger partial charge in [0.2, 0.25) is 0 Å². The molecule has 1 aromatic heterocycles. The van der Waals surface area contributed by atoms with E-state index in [4.69, 9.17) is 4.74 Å². The molecule has 4 rings (SSSR count). The quantitative estimate of drug-likeness (QED) is 0.361. The summed E-state index contributed by atoms with van der Waals surface area (Å²) in [5.74, 6) is 0.448. The number of amides is 1. The Morgan fingerprint density at radius 1 is 1.09 bits per heavy atom. The maximum absolute atomic E-state index is 12.8. The summed E-state index contributed by atoms with van der Waals surface area (Å²) in [7, 11) is 1.65. The largest absolute Gasteiger partial charge is 0.496 e. The van der Waals surface area contributed by atoms with Crippen LogP contribution in [0.15, 0.2) is 59.7 Å². The van der Waals surface area contributed by atoms with E-state index in [1.54, 1.807) is 19.4 Å². The molecule has 182 valence electrons. The molecule has 1 amide bonds. The van der Waals surface area contributed by atoms with Crippen LogP contribution in [0.1, 0.15) is 60.6 Å². The molecule has 0 saturated heterocycles. The maximum Gasteiger partial charge on any atom is 0.271 e. The van der Waals surface area contributed by atoms with Crippen molar-refractivity contribution in [1.29, 1.82) is 0 Å². The van der Waals surface area contributed by atoms with Gasteiger partial charge in [-0.05, 0) is 83.5 Å². The number of methoxy groups -OCH3 is 1. The fourth-order valence-electron chi connectivity index (χ4n) is 5.06. The van der Waals surface area contributed by atoms with Crippen LogP contribution in [0.3, 0.4) is 0 Å². The van der Waals surface area contributed by atoms with E-state index < -0.39 is 0 Å². The van der Waals surface area contributed by atoms with Gasteiger partial charge in [0.25, 0.3) is 5.91 Å². The first kappa shape index (κ1) is 24.3. The summed E-state index contributed by atoms with van der Waals surface area (Å²) >= 11 is 0. The van der Waals surface area contributed by atoms with Crippen LogP contribution >= 0.6 is 0 Å². The fourth-order valence-corrected chi connectivity index (χ4v) is 5.06. The average Bonchev–Trinajstić information content (AvgIpc) is 3.16. The molecule has 0 unspecified atom stereocenters. The van der Waals surface area contributed by atoms with Crippen molar-refractivity contribution in [2.75, 3.05) is 18.6 Å². The SMILES string of the molecule is CCN1c2cc(OC)c(/C=N\NC(=O)c3cccc(-n4c(C)ccc4C)c3)cc2C(C)=CC1(C)C. The second-order valence-electron chi connectivity index (χ2n) is 9.54. The molecular formula is C29H34N4O2. The van der Waals surface area contributed by atoms with Gasteiger partial charge in [-0.1, -0.05) is 12.1 Å². The number of hydrogen-bond acceptors (Lipinski definition) is 4. The van der Waals surface area contributed by atoms with Crippen molar-refractivity contribution < 1.29 is 9.53 Å². The Morgan fingerprint density at radius 3 is 2.46 bits per heavy atom. The summed E-state index contributed by atoms with van der Waals surface area (Å²) in [6, 6.07) is 15.8. The van der Waals surface area contributed by atoms with Gasteiger partial charge in [0, 0.05) is 52.1 Å². The van der Waals surface area contributed by atoms with E-state index in [2.05, 4.69) is 78.0 Å². The molecule has 0 aliphatic carbocycles. The first-order valence-corrected chi connectivity index (χ1v) is 11.9. The number of hydrogen-bond donors (Lipinski definition) is 1. The molecule has 0 spiro atoms. The number of ether oxygens (including phenoxy) is 1. The minimum Gasteiger partial charge on any atom is -0.496 e. The number of rotatable bonds is 6. The van der Waals surface area contributed by atoms with Gasteiger partial charge < -0.3 is 14.2 Å². The van der Waals surface area contributed by atoms with Crippen LogP contribution in [0, 0.1) is 13.8 Å². The molecule has 0 bridgehead atoms. The van der Waals surface area contributed by atoms with Gasteiger partial charge >= 0.3 is 0 Å². The molecule has 0 atom stereocenters. The van der Waals surface area contributed by atoms with Crippen LogP contribution in [0.4, 0.5) is 5.69 Å². The van der Waals surface area contributed by atoms with E-state index in [9.17, 15) is 4.79 Å². The highest BCUT2D eigenvalue weighted by Crippen LogP contribution is 2.41. The zero-order chi connectivity index (χ0) is 25.3. The molecule has 2 heterocycles. The molecule has 6 heteroatoms. The fraction of sp³-hybridized carbons (Fsp3) is 0.310. The lowest BCUT2D eigenvalue weighted by Crippen LogP contribution is -2.44. The van der Waals surface area contributed by atoms with Crippen LogP contribution in [0.25, 0.3) is 11.3 Å². The summed E-state index contributed by atoms with van der Waals surface area (Å²) in [6.07, 6.45) is 3.93. The van der Waals surface area contributed by atoms with E-state index >= 15 is 0 Å². The lowest BCUT2D eigenvalue weighted by atomic mass is 9.88. The molecule has 3 aromatic rings. The molecule has 0 radical (unpaired) electrons. The number of anilines is 1. The van der Waals surface area contributed by atoms with Gasteiger partial charge in [-0.2, -0.15) is 5.10 Å². The third kappa shape index (κ3) is 4.61. The number of hydrazone groups is 1. The standard InChI is InChI=1S/C29H34N4O2/c1-8-32-26-16-27(35-7)23(15-25(26)19(2)17-29(32,5)6)18-30-31-28(34)22-10-9-11-24(14-22)33-20(3)12-13-21(33)4/h9-18H,8H2,1-7H3,(H,31,34)/b30-18-. The van der Waals surface area contributed by atoms with Crippen LogP contribution in [-0.4, -0.2) is 35.9 Å². The minimum atomic E-state index is -0.266. The predicted molar refractivity (Wildman–Crippen MR) is 144 cm³/mol. The van der Waals surface area contributed by atoms with Crippen molar-refractivity contribution in [3.8, 4) is 11.4 Å². The van der Waals surface area contributed by atoms with Crippen LogP contribution < -0.4 is 15.1 Å². The summed E-state index contributed by atoms with van der Waals surface area (Å²) in [4.78, 5) is 15.2. The Labute approximate surface area is 207 Å². The van der Waals surface area contributed by atoms with Crippen molar-refractivity contribution >= 4 is 23.4 Å². The number of aromatic nitrogens is 1. The highest BCUT2D eigenvalue weighted by atomic mass is 16.5. The number of carbonyl (C=O) groups excluding carboxylic acids is 1. The summed E-state index contributed by atoms with van der Waals surface area (Å²) in [5, 5.41) is 4.25. The zero-order valence-electron chi connectivity index (χ0n) is 21.6. The van der Waals surface area contributed by atoms with Crippen molar-refractivity contribution in [1.82, 2.24) is 9.99 Å². The Bertz CT molecular complexity index is 1310. The summed E-state index contributed by atoms with van der Waals surface area (Å²) in [6.45, 7) is 13.7. The topological polar surface area (TPSA) is 58.9 Å². The second-order valence-corrected chi connectivity index (χ2v) is 9.54. The number of nitrogens with one attached hydrogen (secondary N) is 1. The molecule has 0 saturated carbocycles. The van der Waals surface area contributed by atoms with Crippen LogP contribution in [0.2, 0.25) is 0 Å². The third-order valence-corrected chi connectivity index (χ3v) is 6.65. The maximum atomic E-state index is 12.8. The Morgan fingerprint density at radius 2 is 1.80 bits per heavy atom. The normalized spacial score (nSPS) is 14.6. The van der Waals surface area contributed by atoms with E-state index in [-0.39, 0.29) is 11.4 Å². The molecule has 2 aromatic carbocycles. The van der Waals surface area contributed by atoms with E-state index in [0.29, 0.717) is 11.3 Å². The molecule has 6 nitrogen and oxygen atoms in total. The van der Waals surface area contributed by atoms with E-state index in [0.717, 1.165) is 40.4 Å². The van der Waals surface area contributed by atoms with Crippen molar-refractivity contribution in [2.45, 2.75) is 47.1 Å². The molecule has 1 aliphatic rings. The number of carbonyl (C=O) groups is 1. The van der Waals surface area contributed by atoms with Crippen LogP contribution in [-0.2, 0) is 0 Å². The number of benzene rings is 2. The molecule has 35 heavy (non-hydrogen) atoms. The Kier molecular flexibility index (Phi) is 6.57. The van der Waals surface area contributed by atoms with Gasteiger partial charge in [-0.25, -0.2) is 5.43 Å². The monoisotopic (exact) mass is 470 g/mol. The zero-order valence-corrected chi connectivity index (χ0v) is 21.6. The first-order chi connectivity index (χ1) is 16.7. The molecular weight excluding hydrogens is 436 g/mol. The van der Waals surface area contributed by atoms with Crippen molar-refractivity contribution in [3.05, 3.63) is 82.7 Å². The van der Waals surface area contributed by atoms with Gasteiger partial charge in [-0.15, -0.1) is 0 Å².